The molecule has 0 amide bonds. The summed E-state index contributed by atoms with van der Waals surface area (Å²) in [7, 11) is -3.79. The average molecular weight is 255 g/mol. The number of nitrogens with zero attached hydrogens (tertiary/aromatic N) is 1. The van der Waals surface area contributed by atoms with E-state index in [0.29, 0.717) is 13.2 Å². The second kappa shape index (κ2) is 5.29. The second-order valence-electron chi connectivity index (χ2n) is 3.72. The molecule has 1 fully saturated rings. The third-order valence-corrected chi connectivity index (χ3v) is 3.54. The third-order valence-electron chi connectivity index (χ3n) is 2.41. The Hall–Kier alpha value is -1.40. The van der Waals surface area contributed by atoms with E-state index in [1.807, 2.05) is 0 Å². The maximum atomic E-state index is 11.6. The van der Waals surface area contributed by atoms with Crippen molar-refractivity contribution < 1.29 is 17.4 Å². The van der Waals surface area contributed by atoms with Crippen molar-refractivity contribution in [1.29, 1.82) is 0 Å². The Morgan fingerprint density at radius 3 is 2.76 bits per heavy atom. The summed E-state index contributed by atoms with van der Waals surface area (Å²) in [5.41, 5.74) is 0. The lowest BCUT2D eigenvalue weighted by atomic mass is 10.1. The molecule has 1 atom stereocenters. The zero-order valence-electron chi connectivity index (χ0n) is 9.15. The lowest BCUT2D eigenvalue weighted by Gasteiger charge is -2.01. The third kappa shape index (κ3) is 3.28. The van der Waals surface area contributed by atoms with Crippen LogP contribution in [0, 0.1) is 5.92 Å². The lowest BCUT2D eigenvalue weighted by Crippen LogP contribution is -2.05. The molecule has 2 rings (SSSR count). The molecule has 5 nitrogen and oxygen atoms in total. The van der Waals surface area contributed by atoms with Crippen LogP contribution in [-0.2, 0) is 19.1 Å². The fraction of sp³-hybridized carbons (Fsp3) is 0.364. The van der Waals surface area contributed by atoms with E-state index in [4.69, 9.17) is 4.74 Å². The Bertz CT molecular complexity index is 477. The first-order valence-corrected chi connectivity index (χ1v) is 6.69. The monoisotopic (exact) mass is 255 g/mol. The molecular formula is C11H13NO4S. The fourth-order valence-electron chi connectivity index (χ4n) is 1.47. The number of oxime groups is 1. The molecule has 0 saturated carbocycles. The van der Waals surface area contributed by atoms with Crippen LogP contribution in [0.4, 0.5) is 0 Å². The van der Waals surface area contributed by atoms with Crippen LogP contribution in [0.15, 0.2) is 40.4 Å². The number of benzene rings is 1. The summed E-state index contributed by atoms with van der Waals surface area (Å²) in [6.45, 7) is 1.25. The normalized spacial score (nSPS) is 20.8. The molecule has 0 radical (unpaired) electrons. The molecule has 0 aromatic heterocycles. The van der Waals surface area contributed by atoms with E-state index in [1.165, 1.54) is 18.3 Å². The van der Waals surface area contributed by atoms with E-state index >= 15 is 0 Å². The minimum atomic E-state index is -3.79. The van der Waals surface area contributed by atoms with Gasteiger partial charge in [-0.1, -0.05) is 23.4 Å². The zero-order valence-corrected chi connectivity index (χ0v) is 9.97. The molecule has 1 heterocycles. The Morgan fingerprint density at radius 1 is 1.35 bits per heavy atom. The summed E-state index contributed by atoms with van der Waals surface area (Å²) in [6, 6.07) is 7.92. The molecule has 1 aliphatic rings. The Kier molecular flexibility index (Phi) is 3.75. The van der Waals surface area contributed by atoms with Gasteiger partial charge in [0, 0.05) is 12.5 Å². The molecule has 0 N–H and O–H groups in total. The van der Waals surface area contributed by atoms with E-state index < -0.39 is 10.1 Å². The van der Waals surface area contributed by atoms with Gasteiger partial charge >= 0.3 is 10.1 Å². The average Bonchev–Trinajstić information content (AvgIpc) is 2.83. The number of hydrogen-bond donors (Lipinski definition) is 0. The smallest absolute Gasteiger partial charge is 0.358 e. The molecular weight excluding hydrogens is 242 g/mol. The molecule has 1 unspecified atom stereocenters. The molecule has 92 valence electrons. The molecule has 17 heavy (non-hydrogen) atoms. The van der Waals surface area contributed by atoms with Crippen LogP contribution in [0.5, 0.6) is 0 Å². The van der Waals surface area contributed by atoms with Crippen molar-refractivity contribution in [1.82, 2.24) is 0 Å². The van der Waals surface area contributed by atoms with Gasteiger partial charge in [-0.15, -0.1) is 0 Å². The molecule has 0 aliphatic carbocycles. The summed E-state index contributed by atoms with van der Waals surface area (Å²) in [5, 5.41) is 3.51. The minimum absolute atomic E-state index is 0.0971. The van der Waals surface area contributed by atoms with Crippen molar-refractivity contribution in [3.8, 4) is 0 Å². The van der Waals surface area contributed by atoms with E-state index in [-0.39, 0.29) is 10.8 Å². The van der Waals surface area contributed by atoms with Gasteiger partial charge in [0.2, 0.25) is 0 Å². The van der Waals surface area contributed by atoms with Crippen LogP contribution < -0.4 is 0 Å². The standard InChI is InChI=1S/C11H13NO4S/c13-17(14,11-4-2-1-3-5-11)16-12-8-10-6-7-15-9-10/h1-5,8,10H,6-7,9H2/b12-8+. The predicted octanol–water partition coefficient (Wildman–Crippen LogP) is 1.41. The molecule has 0 bridgehead atoms. The minimum Gasteiger partial charge on any atom is -0.381 e. The molecule has 1 aliphatic heterocycles. The van der Waals surface area contributed by atoms with Crippen molar-refractivity contribution in [3.63, 3.8) is 0 Å². The molecule has 1 aromatic rings. The number of hydrogen-bond acceptors (Lipinski definition) is 5. The highest BCUT2D eigenvalue weighted by molar-refractivity contribution is 7.86. The first kappa shape index (κ1) is 12.1. The van der Waals surface area contributed by atoms with Gasteiger partial charge in [0.15, 0.2) is 0 Å². The first-order chi connectivity index (χ1) is 8.18. The molecule has 6 heteroatoms. The van der Waals surface area contributed by atoms with Gasteiger partial charge < -0.3 is 4.74 Å². The zero-order chi connectivity index (χ0) is 12.1. The van der Waals surface area contributed by atoms with Crippen LogP contribution in [0.2, 0.25) is 0 Å². The van der Waals surface area contributed by atoms with Crippen LogP contribution in [0.3, 0.4) is 0 Å². The summed E-state index contributed by atoms with van der Waals surface area (Å²) < 4.78 is 33.0. The number of rotatable bonds is 4. The quantitative estimate of drug-likeness (QED) is 0.603. The fourth-order valence-corrected chi connectivity index (χ4v) is 2.21. The van der Waals surface area contributed by atoms with Crippen LogP contribution in [0.25, 0.3) is 0 Å². The van der Waals surface area contributed by atoms with Gasteiger partial charge in [-0.25, -0.2) is 0 Å². The van der Waals surface area contributed by atoms with Gasteiger partial charge in [0.25, 0.3) is 0 Å². The van der Waals surface area contributed by atoms with Gasteiger partial charge in [-0.2, -0.15) is 8.42 Å². The summed E-state index contributed by atoms with van der Waals surface area (Å²) in [6.07, 6.45) is 2.33. The van der Waals surface area contributed by atoms with E-state index in [9.17, 15) is 8.42 Å². The van der Waals surface area contributed by atoms with E-state index in [1.54, 1.807) is 18.2 Å². The van der Waals surface area contributed by atoms with Crippen molar-refractivity contribution in [2.45, 2.75) is 11.3 Å². The number of ether oxygens (including phenoxy) is 1. The maximum absolute atomic E-state index is 11.6. The van der Waals surface area contributed by atoms with Crippen LogP contribution in [-0.4, -0.2) is 27.8 Å². The van der Waals surface area contributed by atoms with E-state index in [2.05, 4.69) is 9.44 Å². The SMILES string of the molecule is O=S(=O)(O/N=C/C1CCOC1)c1ccccc1. The van der Waals surface area contributed by atoms with Crippen molar-refractivity contribution in [3.05, 3.63) is 30.3 Å². The van der Waals surface area contributed by atoms with Gasteiger partial charge in [0.05, 0.1) is 12.8 Å². The van der Waals surface area contributed by atoms with Gasteiger partial charge in [0.1, 0.15) is 4.90 Å². The largest absolute Gasteiger partial charge is 0.381 e. The highest BCUT2D eigenvalue weighted by atomic mass is 32.2. The maximum Gasteiger partial charge on any atom is 0.358 e. The summed E-state index contributed by atoms with van der Waals surface area (Å²) >= 11 is 0. The summed E-state index contributed by atoms with van der Waals surface area (Å²) in [5.74, 6) is 0.140. The second-order valence-corrected chi connectivity index (χ2v) is 5.25. The highest BCUT2D eigenvalue weighted by Crippen LogP contribution is 2.13. The molecule has 1 aromatic carbocycles. The lowest BCUT2D eigenvalue weighted by molar-refractivity contribution is 0.193. The summed E-state index contributed by atoms with van der Waals surface area (Å²) in [4.78, 5) is 0.0971. The van der Waals surface area contributed by atoms with Crippen LogP contribution >= 0.6 is 0 Å². The van der Waals surface area contributed by atoms with Gasteiger partial charge in [-0.05, 0) is 18.6 Å². The topological polar surface area (TPSA) is 65.0 Å². The highest BCUT2D eigenvalue weighted by Gasteiger charge is 2.16. The Morgan fingerprint density at radius 2 is 2.12 bits per heavy atom. The van der Waals surface area contributed by atoms with Crippen molar-refractivity contribution in [2.24, 2.45) is 11.1 Å². The van der Waals surface area contributed by atoms with Crippen molar-refractivity contribution >= 4 is 16.3 Å². The molecule has 0 spiro atoms. The Labute approximate surface area is 100 Å². The van der Waals surface area contributed by atoms with Gasteiger partial charge in [-0.3, -0.25) is 4.28 Å². The predicted molar refractivity (Wildman–Crippen MR) is 62.1 cm³/mol. The Balaban J connectivity index is 1.98. The molecule has 1 saturated heterocycles. The van der Waals surface area contributed by atoms with Crippen molar-refractivity contribution in [2.75, 3.05) is 13.2 Å². The van der Waals surface area contributed by atoms with E-state index in [0.717, 1.165) is 6.42 Å². The van der Waals surface area contributed by atoms with Crippen LogP contribution in [0.1, 0.15) is 6.42 Å². The first-order valence-electron chi connectivity index (χ1n) is 5.28.